The quantitative estimate of drug-likeness (QED) is 0.747. The Morgan fingerprint density at radius 2 is 2.07 bits per heavy atom. The Kier molecular flexibility index (Phi) is 7.94. The molecule has 0 spiro atoms. The van der Waals surface area contributed by atoms with E-state index in [1.165, 1.54) is 12.8 Å². The maximum atomic E-state index is 12.6. The lowest BCUT2D eigenvalue weighted by atomic mass is 9.84. The van der Waals surface area contributed by atoms with Gasteiger partial charge in [0.2, 0.25) is 5.91 Å². The molecule has 2 unspecified atom stereocenters. The van der Waals surface area contributed by atoms with Crippen molar-refractivity contribution in [1.29, 1.82) is 0 Å². The van der Waals surface area contributed by atoms with Crippen molar-refractivity contribution in [2.24, 2.45) is 11.8 Å². The highest BCUT2D eigenvalue weighted by Crippen LogP contribution is 2.26. The molecule has 0 aromatic heterocycles. The molecule has 2 saturated heterocycles. The van der Waals surface area contributed by atoms with E-state index < -0.39 is 0 Å². The van der Waals surface area contributed by atoms with Crippen LogP contribution >= 0.6 is 11.6 Å². The van der Waals surface area contributed by atoms with Crippen LogP contribution in [-0.2, 0) is 9.53 Å². The van der Waals surface area contributed by atoms with E-state index in [1.54, 1.807) is 0 Å². The number of hydrogen-bond donors (Lipinski definition) is 2. The summed E-state index contributed by atoms with van der Waals surface area (Å²) in [5.41, 5.74) is 1.15. The van der Waals surface area contributed by atoms with E-state index in [9.17, 15) is 4.79 Å². The minimum absolute atomic E-state index is 0.130. The number of ether oxygens (including phenoxy) is 1. The average molecular weight is 394 g/mol. The van der Waals surface area contributed by atoms with Crippen molar-refractivity contribution in [2.75, 3.05) is 45.9 Å². The van der Waals surface area contributed by atoms with Gasteiger partial charge in [-0.25, -0.2) is 0 Å². The van der Waals surface area contributed by atoms with Crippen molar-refractivity contribution in [3.8, 4) is 0 Å². The second-order valence-electron chi connectivity index (χ2n) is 7.79. The first-order chi connectivity index (χ1) is 13.1. The molecule has 150 valence electrons. The summed E-state index contributed by atoms with van der Waals surface area (Å²) < 4.78 is 5.49. The lowest BCUT2D eigenvalue weighted by molar-refractivity contribution is -0.122. The number of nitrogens with zero attached hydrogens (tertiary/aromatic N) is 1. The molecule has 0 saturated carbocycles. The molecular formula is C21H32ClN3O2. The lowest BCUT2D eigenvalue weighted by Crippen LogP contribution is -2.44. The fraction of sp³-hybridized carbons (Fsp3) is 0.667. The summed E-state index contributed by atoms with van der Waals surface area (Å²) in [7, 11) is 0. The molecule has 1 aromatic rings. The first-order valence-electron chi connectivity index (χ1n) is 10.2. The highest BCUT2D eigenvalue weighted by molar-refractivity contribution is 6.30. The summed E-state index contributed by atoms with van der Waals surface area (Å²) in [4.78, 5) is 15.0. The Bertz CT molecular complexity index is 601. The van der Waals surface area contributed by atoms with Gasteiger partial charge < -0.3 is 15.4 Å². The van der Waals surface area contributed by atoms with Gasteiger partial charge in [-0.05, 0) is 55.5 Å². The van der Waals surface area contributed by atoms with Gasteiger partial charge in [0.15, 0.2) is 0 Å². The third kappa shape index (κ3) is 6.18. The number of carbonyl (C=O) groups is 1. The summed E-state index contributed by atoms with van der Waals surface area (Å²) in [5.74, 6) is 1.24. The number of carbonyl (C=O) groups excluding carboxylic acids is 1. The number of rotatable bonds is 7. The molecule has 2 heterocycles. The Labute approximate surface area is 167 Å². The molecule has 0 aliphatic carbocycles. The van der Waals surface area contributed by atoms with E-state index in [1.807, 2.05) is 18.2 Å². The van der Waals surface area contributed by atoms with Gasteiger partial charge in [-0.15, -0.1) is 0 Å². The third-order valence-electron chi connectivity index (χ3n) is 5.91. The van der Waals surface area contributed by atoms with Crippen molar-refractivity contribution in [3.63, 3.8) is 0 Å². The molecule has 0 bridgehead atoms. The first-order valence-corrected chi connectivity index (χ1v) is 10.6. The van der Waals surface area contributed by atoms with Gasteiger partial charge in [-0.1, -0.05) is 30.7 Å². The molecule has 27 heavy (non-hydrogen) atoms. The van der Waals surface area contributed by atoms with Crippen molar-refractivity contribution >= 4 is 17.5 Å². The third-order valence-corrected chi connectivity index (χ3v) is 6.14. The van der Waals surface area contributed by atoms with Crippen molar-refractivity contribution in [2.45, 2.75) is 32.2 Å². The SMILES string of the molecule is CC(CC(=O)NCC(c1cccc(Cl)c1)N1CCOCC1)C1CCNCC1. The van der Waals surface area contributed by atoms with Crippen molar-refractivity contribution < 1.29 is 9.53 Å². The highest BCUT2D eigenvalue weighted by Gasteiger charge is 2.25. The molecule has 2 aliphatic heterocycles. The molecule has 6 heteroatoms. The van der Waals surface area contributed by atoms with E-state index in [0.717, 1.165) is 50.0 Å². The predicted octanol–water partition coefficient (Wildman–Crippen LogP) is 2.86. The first kappa shape index (κ1) is 20.6. The van der Waals surface area contributed by atoms with E-state index in [-0.39, 0.29) is 11.9 Å². The van der Waals surface area contributed by atoms with Gasteiger partial charge in [0, 0.05) is 31.1 Å². The standard InChI is InChI=1S/C21H32ClN3O2/c1-16(17-5-7-23-8-6-17)13-21(26)24-15-20(25-9-11-27-12-10-25)18-3-2-4-19(22)14-18/h2-4,14,16-17,20,23H,5-13,15H2,1H3,(H,24,26). The molecule has 1 amide bonds. The lowest BCUT2D eigenvalue weighted by Gasteiger charge is -2.35. The predicted molar refractivity (Wildman–Crippen MR) is 109 cm³/mol. The molecule has 3 rings (SSSR count). The van der Waals surface area contributed by atoms with Crippen LogP contribution in [0.3, 0.4) is 0 Å². The van der Waals surface area contributed by atoms with Crippen LogP contribution in [0.5, 0.6) is 0 Å². The van der Waals surface area contributed by atoms with Crippen LogP contribution in [0, 0.1) is 11.8 Å². The van der Waals surface area contributed by atoms with Gasteiger partial charge in [0.25, 0.3) is 0 Å². The topological polar surface area (TPSA) is 53.6 Å². The normalized spacial score (nSPS) is 21.6. The summed E-state index contributed by atoms with van der Waals surface area (Å²) in [5, 5.41) is 7.32. The van der Waals surface area contributed by atoms with Crippen LogP contribution < -0.4 is 10.6 Å². The average Bonchev–Trinajstić information content (AvgIpc) is 2.70. The van der Waals surface area contributed by atoms with Gasteiger partial charge >= 0.3 is 0 Å². The molecule has 2 fully saturated rings. The molecular weight excluding hydrogens is 362 g/mol. The molecule has 1 aromatic carbocycles. The van der Waals surface area contributed by atoms with Gasteiger partial charge in [0.1, 0.15) is 0 Å². The smallest absolute Gasteiger partial charge is 0.220 e. The van der Waals surface area contributed by atoms with Crippen LogP contribution in [0.25, 0.3) is 0 Å². The fourth-order valence-electron chi connectivity index (χ4n) is 4.22. The van der Waals surface area contributed by atoms with Crippen LogP contribution in [0.15, 0.2) is 24.3 Å². The number of benzene rings is 1. The minimum atomic E-state index is 0.130. The summed E-state index contributed by atoms with van der Waals surface area (Å²) in [6.45, 7) is 8.19. The monoisotopic (exact) mass is 393 g/mol. The van der Waals surface area contributed by atoms with Gasteiger partial charge in [-0.2, -0.15) is 0 Å². The summed E-state index contributed by atoms with van der Waals surface area (Å²) in [6, 6.07) is 8.10. The van der Waals surface area contributed by atoms with Crippen molar-refractivity contribution in [1.82, 2.24) is 15.5 Å². The Morgan fingerprint density at radius 1 is 1.33 bits per heavy atom. The van der Waals surface area contributed by atoms with Crippen LogP contribution in [0.2, 0.25) is 5.02 Å². The second-order valence-corrected chi connectivity index (χ2v) is 8.23. The number of piperidine rings is 1. The van der Waals surface area contributed by atoms with Crippen molar-refractivity contribution in [3.05, 3.63) is 34.9 Å². The van der Waals surface area contributed by atoms with Crippen LogP contribution in [0.4, 0.5) is 0 Å². The second kappa shape index (κ2) is 10.4. The minimum Gasteiger partial charge on any atom is -0.379 e. The van der Waals surface area contributed by atoms with E-state index >= 15 is 0 Å². The molecule has 0 radical (unpaired) electrons. The number of morpholine rings is 1. The number of nitrogens with one attached hydrogen (secondary N) is 2. The zero-order chi connectivity index (χ0) is 19.1. The Morgan fingerprint density at radius 3 is 2.78 bits per heavy atom. The van der Waals surface area contributed by atoms with Crippen LogP contribution in [0.1, 0.15) is 37.8 Å². The van der Waals surface area contributed by atoms with E-state index in [0.29, 0.717) is 24.8 Å². The number of halogens is 1. The zero-order valence-electron chi connectivity index (χ0n) is 16.3. The maximum Gasteiger partial charge on any atom is 0.220 e. The molecule has 5 nitrogen and oxygen atoms in total. The zero-order valence-corrected chi connectivity index (χ0v) is 17.0. The molecule has 2 atom stereocenters. The summed E-state index contributed by atoms with van der Waals surface area (Å²) in [6.07, 6.45) is 2.96. The number of hydrogen-bond acceptors (Lipinski definition) is 4. The Balaban J connectivity index is 1.57. The Hall–Kier alpha value is -1.14. The van der Waals surface area contributed by atoms with E-state index in [2.05, 4.69) is 28.5 Å². The maximum absolute atomic E-state index is 12.6. The van der Waals surface area contributed by atoms with Crippen LogP contribution in [-0.4, -0.2) is 56.7 Å². The summed E-state index contributed by atoms with van der Waals surface area (Å²) >= 11 is 6.21. The molecule has 2 aliphatic rings. The number of amides is 1. The molecule has 2 N–H and O–H groups in total. The van der Waals surface area contributed by atoms with Gasteiger partial charge in [-0.3, -0.25) is 9.69 Å². The highest BCUT2D eigenvalue weighted by atomic mass is 35.5. The van der Waals surface area contributed by atoms with Gasteiger partial charge in [0.05, 0.1) is 19.3 Å². The van der Waals surface area contributed by atoms with E-state index in [4.69, 9.17) is 16.3 Å². The largest absolute Gasteiger partial charge is 0.379 e. The fourth-order valence-corrected chi connectivity index (χ4v) is 4.41.